The van der Waals surface area contributed by atoms with Crippen LogP contribution in [0.25, 0.3) is 0 Å². The van der Waals surface area contributed by atoms with Crippen LogP contribution in [0.3, 0.4) is 0 Å². The smallest absolute Gasteiger partial charge is 0.374 e. The number of rotatable bonds is 4. The lowest BCUT2D eigenvalue weighted by Gasteiger charge is -2.18. The molecule has 15 heavy (non-hydrogen) atoms. The van der Waals surface area contributed by atoms with E-state index in [0.717, 1.165) is 12.8 Å². The first-order chi connectivity index (χ1) is 6.87. The van der Waals surface area contributed by atoms with Gasteiger partial charge in [-0.25, -0.2) is 0 Å². The zero-order valence-corrected chi connectivity index (χ0v) is 9.10. The zero-order chi connectivity index (χ0) is 11.5. The van der Waals surface area contributed by atoms with E-state index in [-0.39, 0.29) is 12.2 Å². The minimum atomic E-state index is -4.09. The van der Waals surface area contributed by atoms with Crippen LogP contribution >= 0.6 is 0 Å². The molecule has 1 aliphatic heterocycles. The summed E-state index contributed by atoms with van der Waals surface area (Å²) >= 11 is 0. The largest absolute Gasteiger partial charge is 0.390 e. The first-order valence-electron chi connectivity index (χ1n) is 5.32. The summed E-state index contributed by atoms with van der Waals surface area (Å²) in [6, 6.07) is -0.537. The Morgan fingerprint density at radius 1 is 1.40 bits per heavy atom. The van der Waals surface area contributed by atoms with Gasteiger partial charge in [-0.3, -0.25) is 0 Å². The third kappa shape index (κ3) is 5.37. The monoisotopic (exact) mass is 225 g/mol. The zero-order valence-electron chi connectivity index (χ0n) is 9.10. The highest BCUT2D eigenvalue weighted by Crippen LogP contribution is 2.22. The topological polar surface area (TPSA) is 21.3 Å². The maximum absolute atomic E-state index is 12.0. The summed E-state index contributed by atoms with van der Waals surface area (Å²) in [6.07, 6.45) is -2.61. The lowest BCUT2D eigenvalue weighted by Crippen LogP contribution is -2.36. The minimum absolute atomic E-state index is 0.0793. The van der Waals surface area contributed by atoms with E-state index in [0.29, 0.717) is 6.54 Å². The standard InChI is InChI=1S/C10H18F3NO/c1-7(5-10(11,12)13)14-6-9-4-3-8(2)15-9/h7-9,14H,3-6H2,1-2H3. The molecule has 90 valence electrons. The van der Waals surface area contributed by atoms with Crippen LogP contribution in [-0.2, 0) is 4.74 Å². The number of hydrogen-bond acceptors (Lipinski definition) is 2. The Labute approximate surface area is 88.2 Å². The third-order valence-corrected chi connectivity index (χ3v) is 2.55. The minimum Gasteiger partial charge on any atom is -0.374 e. The SMILES string of the molecule is CC(CC(F)(F)F)NCC1CCC(C)O1. The molecule has 0 spiro atoms. The van der Waals surface area contributed by atoms with Crippen molar-refractivity contribution in [2.24, 2.45) is 0 Å². The average Bonchev–Trinajstić information content (AvgIpc) is 2.45. The number of ether oxygens (including phenoxy) is 1. The lowest BCUT2D eigenvalue weighted by atomic mass is 10.2. The molecule has 0 saturated carbocycles. The molecular formula is C10H18F3NO. The van der Waals surface area contributed by atoms with Gasteiger partial charge in [0.05, 0.1) is 18.6 Å². The van der Waals surface area contributed by atoms with Gasteiger partial charge in [-0.15, -0.1) is 0 Å². The van der Waals surface area contributed by atoms with Gasteiger partial charge in [0.25, 0.3) is 0 Å². The van der Waals surface area contributed by atoms with Crippen LogP contribution in [0.15, 0.2) is 0 Å². The van der Waals surface area contributed by atoms with E-state index < -0.39 is 18.6 Å². The van der Waals surface area contributed by atoms with E-state index >= 15 is 0 Å². The fraction of sp³-hybridized carbons (Fsp3) is 1.00. The maximum Gasteiger partial charge on any atom is 0.390 e. The second kappa shape index (κ2) is 5.16. The van der Waals surface area contributed by atoms with Crippen LogP contribution in [0, 0.1) is 0 Å². The summed E-state index contributed by atoms with van der Waals surface area (Å²) in [5.41, 5.74) is 0. The molecule has 1 rings (SSSR count). The number of alkyl halides is 3. The Hall–Kier alpha value is -0.290. The molecule has 1 aliphatic rings. The molecule has 1 saturated heterocycles. The highest BCUT2D eigenvalue weighted by molar-refractivity contribution is 4.75. The van der Waals surface area contributed by atoms with Crippen molar-refractivity contribution in [2.75, 3.05) is 6.54 Å². The molecule has 3 unspecified atom stereocenters. The molecule has 1 N–H and O–H groups in total. The van der Waals surface area contributed by atoms with Crippen LogP contribution in [0.5, 0.6) is 0 Å². The van der Waals surface area contributed by atoms with Gasteiger partial charge in [-0.1, -0.05) is 0 Å². The van der Waals surface area contributed by atoms with Gasteiger partial charge in [-0.05, 0) is 26.7 Å². The summed E-state index contributed by atoms with van der Waals surface area (Å²) in [4.78, 5) is 0. The van der Waals surface area contributed by atoms with Gasteiger partial charge < -0.3 is 10.1 Å². The first-order valence-corrected chi connectivity index (χ1v) is 5.32. The molecule has 2 nitrogen and oxygen atoms in total. The molecule has 1 heterocycles. The summed E-state index contributed by atoms with van der Waals surface area (Å²) < 4.78 is 41.5. The molecule has 3 atom stereocenters. The van der Waals surface area contributed by atoms with Gasteiger partial charge >= 0.3 is 6.18 Å². The van der Waals surface area contributed by atoms with Gasteiger partial charge in [0, 0.05) is 12.6 Å². The molecule has 0 aliphatic carbocycles. The van der Waals surface area contributed by atoms with Crippen LogP contribution in [0.2, 0.25) is 0 Å². The van der Waals surface area contributed by atoms with E-state index in [2.05, 4.69) is 5.32 Å². The summed E-state index contributed by atoms with van der Waals surface area (Å²) in [6.45, 7) is 4.05. The van der Waals surface area contributed by atoms with Crippen molar-refractivity contribution >= 4 is 0 Å². The molecule has 0 bridgehead atoms. The molecule has 5 heteroatoms. The van der Waals surface area contributed by atoms with Crippen LogP contribution in [0.1, 0.15) is 33.1 Å². The van der Waals surface area contributed by atoms with E-state index in [1.807, 2.05) is 6.92 Å². The number of halogens is 3. The van der Waals surface area contributed by atoms with Crippen LogP contribution in [-0.4, -0.2) is 31.0 Å². The normalized spacial score (nSPS) is 29.4. The van der Waals surface area contributed by atoms with E-state index in [1.54, 1.807) is 6.92 Å². The second-order valence-electron chi connectivity index (χ2n) is 4.27. The maximum atomic E-state index is 12.0. The Bertz CT molecular complexity index is 196. The first kappa shape index (κ1) is 12.8. The van der Waals surface area contributed by atoms with Crippen molar-refractivity contribution in [1.29, 1.82) is 0 Å². The number of hydrogen-bond donors (Lipinski definition) is 1. The Morgan fingerprint density at radius 3 is 2.53 bits per heavy atom. The molecule has 0 aromatic carbocycles. The van der Waals surface area contributed by atoms with Crippen LogP contribution in [0.4, 0.5) is 13.2 Å². The Kier molecular flexibility index (Phi) is 4.40. The lowest BCUT2D eigenvalue weighted by molar-refractivity contribution is -0.139. The summed E-state index contributed by atoms with van der Waals surface area (Å²) in [5, 5.41) is 2.86. The van der Waals surface area contributed by atoms with Gasteiger partial charge in [-0.2, -0.15) is 13.2 Å². The molecule has 0 radical (unpaired) electrons. The quantitative estimate of drug-likeness (QED) is 0.793. The molecule has 1 fully saturated rings. The van der Waals surface area contributed by atoms with Crippen molar-refractivity contribution in [3.63, 3.8) is 0 Å². The predicted molar refractivity (Wildman–Crippen MR) is 51.7 cm³/mol. The van der Waals surface area contributed by atoms with E-state index in [4.69, 9.17) is 4.74 Å². The fourth-order valence-electron chi connectivity index (χ4n) is 1.79. The third-order valence-electron chi connectivity index (χ3n) is 2.55. The van der Waals surface area contributed by atoms with Crippen molar-refractivity contribution < 1.29 is 17.9 Å². The van der Waals surface area contributed by atoms with Crippen LogP contribution < -0.4 is 5.32 Å². The summed E-state index contributed by atoms with van der Waals surface area (Å²) in [5.74, 6) is 0. The molecular weight excluding hydrogens is 207 g/mol. The van der Waals surface area contributed by atoms with Gasteiger partial charge in [0.2, 0.25) is 0 Å². The van der Waals surface area contributed by atoms with E-state index in [1.165, 1.54) is 0 Å². The second-order valence-corrected chi connectivity index (χ2v) is 4.27. The number of nitrogens with one attached hydrogen (secondary N) is 1. The van der Waals surface area contributed by atoms with E-state index in [9.17, 15) is 13.2 Å². The average molecular weight is 225 g/mol. The van der Waals surface area contributed by atoms with Crippen molar-refractivity contribution in [1.82, 2.24) is 5.32 Å². The Morgan fingerprint density at radius 2 is 2.07 bits per heavy atom. The highest BCUT2D eigenvalue weighted by Gasteiger charge is 2.30. The fourth-order valence-corrected chi connectivity index (χ4v) is 1.79. The molecule has 0 aromatic heterocycles. The highest BCUT2D eigenvalue weighted by atomic mass is 19.4. The van der Waals surface area contributed by atoms with Crippen molar-refractivity contribution in [2.45, 2.75) is 57.5 Å². The summed E-state index contributed by atoms with van der Waals surface area (Å²) in [7, 11) is 0. The van der Waals surface area contributed by atoms with Gasteiger partial charge in [0.1, 0.15) is 0 Å². The predicted octanol–water partition coefficient (Wildman–Crippen LogP) is 2.48. The molecule has 0 amide bonds. The Balaban J connectivity index is 2.14. The van der Waals surface area contributed by atoms with Gasteiger partial charge in [0.15, 0.2) is 0 Å². The van der Waals surface area contributed by atoms with Crippen molar-refractivity contribution in [3.05, 3.63) is 0 Å². The molecule has 0 aromatic rings. The van der Waals surface area contributed by atoms with Crippen molar-refractivity contribution in [3.8, 4) is 0 Å².